The van der Waals surface area contributed by atoms with E-state index in [1.807, 2.05) is 0 Å². The Balaban J connectivity index is 1.98. The normalized spacial score (nSPS) is 25.6. The summed E-state index contributed by atoms with van der Waals surface area (Å²) in [5.74, 6) is -1.39. The topological polar surface area (TPSA) is 113 Å². The van der Waals surface area contributed by atoms with Crippen LogP contribution in [0, 0.1) is 0 Å². The molecule has 3 rings (SSSR count). The Kier molecular flexibility index (Phi) is 2.72. The number of nitrogens with one attached hydrogen (secondary N) is 1. The van der Waals surface area contributed by atoms with Gasteiger partial charge in [0.1, 0.15) is 6.04 Å². The number of nitrogen functional groups attached to an aromatic ring is 1. The van der Waals surface area contributed by atoms with Crippen LogP contribution < -0.4 is 11.1 Å². The number of hydrogen-bond acceptors (Lipinski definition) is 5. The molecule has 2 aliphatic heterocycles. The Morgan fingerprint density at radius 3 is 2.70 bits per heavy atom. The quantitative estimate of drug-likeness (QED) is 0.473. The summed E-state index contributed by atoms with van der Waals surface area (Å²) in [5, 5.41) is 12.5. The van der Waals surface area contributed by atoms with Crippen molar-refractivity contribution in [1.29, 1.82) is 0 Å². The number of benzene rings is 1. The van der Waals surface area contributed by atoms with Gasteiger partial charge in [-0.25, -0.2) is 0 Å². The van der Waals surface area contributed by atoms with E-state index in [1.165, 1.54) is 0 Å². The zero-order valence-corrected chi connectivity index (χ0v) is 10.5. The smallest absolute Gasteiger partial charge is 0.257 e. The van der Waals surface area contributed by atoms with Gasteiger partial charge in [-0.15, -0.1) is 0 Å². The van der Waals surface area contributed by atoms with Crippen LogP contribution in [0.4, 0.5) is 5.69 Å². The van der Waals surface area contributed by atoms with Crippen LogP contribution in [0.3, 0.4) is 0 Å². The molecule has 0 saturated carbocycles. The van der Waals surface area contributed by atoms with Crippen LogP contribution in [0.25, 0.3) is 0 Å². The first-order valence-electron chi connectivity index (χ1n) is 6.23. The Hall–Kier alpha value is -2.41. The zero-order valence-electron chi connectivity index (χ0n) is 10.5. The molecule has 1 unspecified atom stereocenters. The van der Waals surface area contributed by atoms with Gasteiger partial charge in [-0.1, -0.05) is 6.07 Å². The summed E-state index contributed by atoms with van der Waals surface area (Å²) in [6.45, 7) is 0. The lowest BCUT2D eigenvalue weighted by atomic mass is 10.0. The predicted octanol–water partition coefficient (Wildman–Crippen LogP) is -0.479. The van der Waals surface area contributed by atoms with Crippen molar-refractivity contribution >= 4 is 23.4 Å². The van der Waals surface area contributed by atoms with Crippen molar-refractivity contribution in [2.24, 2.45) is 0 Å². The van der Waals surface area contributed by atoms with E-state index in [9.17, 15) is 19.5 Å². The number of anilines is 1. The van der Waals surface area contributed by atoms with Crippen molar-refractivity contribution in [2.75, 3.05) is 5.73 Å². The first-order valence-corrected chi connectivity index (χ1v) is 6.23. The van der Waals surface area contributed by atoms with Gasteiger partial charge in [0, 0.05) is 23.2 Å². The monoisotopic (exact) mass is 275 g/mol. The predicted molar refractivity (Wildman–Crippen MR) is 68.2 cm³/mol. The summed E-state index contributed by atoms with van der Waals surface area (Å²) in [6, 6.07) is 3.90. The number of rotatable bonds is 1. The van der Waals surface area contributed by atoms with Gasteiger partial charge in [0.25, 0.3) is 5.91 Å². The fourth-order valence-electron chi connectivity index (χ4n) is 2.71. The lowest BCUT2D eigenvalue weighted by molar-refractivity contribution is -0.139. The molecule has 1 aromatic rings. The van der Waals surface area contributed by atoms with Crippen LogP contribution in [0.2, 0.25) is 0 Å². The summed E-state index contributed by atoms with van der Waals surface area (Å²) in [7, 11) is 0. The van der Waals surface area contributed by atoms with Crippen LogP contribution in [0.15, 0.2) is 18.2 Å². The maximum absolute atomic E-state index is 12.3. The van der Waals surface area contributed by atoms with Gasteiger partial charge < -0.3 is 10.8 Å². The number of carbonyl (C=O) groups is 3. The third-order valence-electron chi connectivity index (χ3n) is 3.67. The number of fused-ring (bicyclic) bond motifs is 1. The molecule has 4 N–H and O–H groups in total. The highest BCUT2D eigenvalue weighted by Gasteiger charge is 2.44. The first-order chi connectivity index (χ1) is 9.50. The molecule has 3 amide bonds. The van der Waals surface area contributed by atoms with Crippen LogP contribution in [0.1, 0.15) is 35.0 Å². The van der Waals surface area contributed by atoms with Gasteiger partial charge >= 0.3 is 0 Å². The van der Waals surface area contributed by atoms with Gasteiger partial charge in [0.05, 0.1) is 0 Å². The average molecular weight is 275 g/mol. The number of aliphatic hydroxyl groups excluding tert-OH is 1. The summed E-state index contributed by atoms with van der Waals surface area (Å²) in [4.78, 5) is 36.4. The van der Waals surface area contributed by atoms with E-state index in [-0.39, 0.29) is 18.7 Å². The van der Waals surface area contributed by atoms with Gasteiger partial charge in [-0.05, 0) is 18.6 Å². The molecule has 0 bridgehead atoms. The van der Waals surface area contributed by atoms with Crippen molar-refractivity contribution < 1.29 is 19.5 Å². The summed E-state index contributed by atoms with van der Waals surface area (Å²) in [5.41, 5.74) is 6.70. The third kappa shape index (κ3) is 1.67. The number of aliphatic hydroxyl groups is 1. The average Bonchev–Trinajstić information content (AvgIpc) is 2.64. The molecule has 2 heterocycles. The Morgan fingerprint density at radius 2 is 2.05 bits per heavy atom. The number of piperidine rings is 1. The minimum absolute atomic E-state index is 0.138. The standard InChI is InChI=1S/C13H13N3O4/c14-7-3-1-2-6-10(7)13(20)16(12(6)19)8-4-5-9(17)15-11(8)18/h1-3,8,13,20H,4-5,14H2,(H,15,17,18)/t8-,13?/m1/s1. The van der Waals surface area contributed by atoms with Crippen molar-refractivity contribution in [3.05, 3.63) is 29.3 Å². The van der Waals surface area contributed by atoms with E-state index in [2.05, 4.69) is 5.32 Å². The van der Waals surface area contributed by atoms with Crippen LogP contribution >= 0.6 is 0 Å². The molecule has 20 heavy (non-hydrogen) atoms. The molecule has 0 aromatic heterocycles. The molecule has 1 saturated heterocycles. The van der Waals surface area contributed by atoms with E-state index in [4.69, 9.17) is 5.73 Å². The van der Waals surface area contributed by atoms with Gasteiger partial charge in [-0.3, -0.25) is 24.6 Å². The number of hydrogen-bond donors (Lipinski definition) is 3. The molecule has 2 atom stereocenters. The molecular formula is C13H13N3O4. The molecule has 1 aromatic carbocycles. The molecular weight excluding hydrogens is 262 g/mol. The lowest BCUT2D eigenvalue weighted by Crippen LogP contribution is -2.53. The van der Waals surface area contributed by atoms with Gasteiger partial charge in [0.15, 0.2) is 6.23 Å². The largest absolute Gasteiger partial charge is 0.398 e. The molecule has 0 aliphatic carbocycles. The van der Waals surface area contributed by atoms with E-state index < -0.39 is 24.1 Å². The maximum Gasteiger partial charge on any atom is 0.257 e. The highest BCUT2D eigenvalue weighted by molar-refractivity contribution is 6.06. The third-order valence-corrected chi connectivity index (χ3v) is 3.67. The van der Waals surface area contributed by atoms with E-state index in [0.717, 1.165) is 4.90 Å². The van der Waals surface area contributed by atoms with Gasteiger partial charge in [0.2, 0.25) is 11.8 Å². The molecule has 7 heteroatoms. The Labute approximate surface area is 114 Å². The molecule has 7 nitrogen and oxygen atoms in total. The molecule has 2 aliphatic rings. The molecule has 104 valence electrons. The minimum atomic E-state index is -1.26. The second-order valence-corrected chi connectivity index (χ2v) is 4.86. The fourth-order valence-corrected chi connectivity index (χ4v) is 2.71. The van der Waals surface area contributed by atoms with Crippen LogP contribution in [-0.2, 0) is 9.59 Å². The lowest BCUT2D eigenvalue weighted by Gasteiger charge is -2.32. The molecule has 0 radical (unpaired) electrons. The van der Waals surface area contributed by atoms with Crippen LogP contribution in [0.5, 0.6) is 0 Å². The second-order valence-electron chi connectivity index (χ2n) is 4.86. The molecule has 1 fully saturated rings. The van der Waals surface area contributed by atoms with E-state index in [1.54, 1.807) is 18.2 Å². The zero-order chi connectivity index (χ0) is 14.4. The molecule has 0 spiro atoms. The maximum atomic E-state index is 12.3. The van der Waals surface area contributed by atoms with E-state index >= 15 is 0 Å². The summed E-state index contributed by atoms with van der Waals surface area (Å²) in [6.07, 6.45) is -0.928. The minimum Gasteiger partial charge on any atom is -0.398 e. The SMILES string of the molecule is Nc1cccc2c1C(O)N([C@@H]1CCC(=O)NC1=O)C2=O. The van der Waals surface area contributed by atoms with Crippen molar-refractivity contribution in [2.45, 2.75) is 25.1 Å². The van der Waals surface area contributed by atoms with Gasteiger partial charge in [-0.2, -0.15) is 0 Å². The van der Waals surface area contributed by atoms with Crippen molar-refractivity contribution in [3.63, 3.8) is 0 Å². The number of amides is 3. The Bertz CT molecular complexity index is 628. The van der Waals surface area contributed by atoms with Crippen molar-refractivity contribution in [1.82, 2.24) is 10.2 Å². The van der Waals surface area contributed by atoms with Crippen LogP contribution in [-0.4, -0.2) is 33.8 Å². The summed E-state index contributed by atoms with van der Waals surface area (Å²) < 4.78 is 0. The number of imide groups is 1. The highest BCUT2D eigenvalue weighted by atomic mass is 16.3. The van der Waals surface area contributed by atoms with Crippen molar-refractivity contribution in [3.8, 4) is 0 Å². The number of nitrogens with zero attached hydrogens (tertiary/aromatic N) is 1. The van der Waals surface area contributed by atoms with E-state index in [0.29, 0.717) is 16.8 Å². The fraction of sp³-hybridized carbons (Fsp3) is 0.308. The number of carbonyl (C=O) groups excluding carboxylic acids is 3. The number of nitrogens with two attached hydrogens (primary N) is 1. The first kappa shape index (κ1) is 12.6. The second kappa shape index (κ2) is 4.31. The Morgan fingerprint density at radius 1 is 1.30 bits per heavy atom. The summed E-state index contributed by atoms with van der Waals surface area (Å²) >= 11 is 0. The highest BCUT2D eigenvalue weighted by Crippen LogP contribution is 2.38.